The van der Waals surface area contributed by atoms with E-state index in [4.69, 9.17) is 0 Å². The van der Waals surface area contributed by atoms with Gasteiger partial charge in [-0.25, -0.2) is 0 Å². The average Bonchev–Trinajstić information content (AvgIpc) is 1.59. The zero-order chi connectivity index (χ0) is 6.62. The molecule has 0 unspecified atom stereocenters. The molecule has 0 aliphatic carbocycles. The minimum absolute atomic E-state index is 0.728. The molecule has 0 aromatic heterocycles. The Bertz CT molecular complexity index is 148. The van der Waals surface area contributed by atoms with Crippen LogP contribution in [0.1, 0.15) is 0 Å². The summed E-state index contributed by atoms with van der Waals surface area (Å²) in [5.41, 5.74) is 0. The van der Waals surface area contributed by atoms with Crippen molar-refractivity contribution in [3.8, 4) is 0 Å². The number of nitrogens with one attached hydrogen (secondary N) is 1. The summed E-state index contributed by atoms with van der Waals surface area (Å²) < 4.78 is 10.9. The lowest BCUT2D eigenvalue weighted by Gasteiger charge is -1.92. The van der Waals surface area contributed by atoms with Gasteiger partial charge in [0.2, 0.25) is 0 Å². The van der Waals surface area contributed by atoms with Gasteiger partial charge in [-0.1, -0.05) is 0 Å². The van der Waals surface area contributed by atoms with Crippen LogP contribution in [-0.4, -0.2) is 35.7 Å². The fraction of sp³-hybridized carbons (Fsp3) is 0.800. The van der Waals surface area contributed by atoms with Crippen LogP contribution in [0.5, 0.6) is 0 Å². The predicted octanol–water partition coefficient (Wildman–Crippen LogP) is -0.448. The second-order valence-corrected chi connectivity index (χ2v) is 4.99. The third-order valence-corrected chi connectivity index (χ3v) is 1.66. The van der Waals surface area contributed by atoms with Crippen LogP contribution in [-0.2, 0) is 9.52 Å². The zero-order valence-electron chi connectivity index (χ0n) is 5.60. The Kier molecular flexibility index (Phi) is 3.09. The fourth-order valence-corrected chi connectivity index (χ4v) is 0.852. The molecule has 8 heavy (non-hydrogen) atoms. The van der Waals surface area contributed by atoms with Crippen LogP contribution in [0.4, 0.5) is 0 Å². The lowest BCUT2D eigenvalue weighted by molar-refractivity contribution is 0.688. The lowest BCUT2D eigenvalue weighted by Crippen LogP contribution is -2.13. The van der Waals surface area contributed by atoms with Gasteiger partial charge in [-0.3, -0.25) is 4.21 Å². The van der Waals surface area contributed by atoms with E-state index in [1.165, 1.54) is 0 Å². The predicted molar refractivity (Wildman–Crippen MR) is 40.0 cm³/mol. The second-order valence-electron chi connectivity index (χ2n) is 2.03. The highest BCUT2D eigenvalue weighted by Gasteiger charge is 1.82. The van der Waals surface area contributed by atoms with E-state index in [9.17, 15) is 4.21 Å². The summed E-state index contributed by atoms with van der Waals surface area (Å²) in [6, 6.07) is 0. The maximum absolute atomic E-state index is 10.9. The average molecular weight is 135 g/mol. The molecule has 3 heteroatoms. The summed E-state index contributed by atoms with van der Waals surface area (Å²) in [4.78, 5) is 0. The van der Waals surface area contributed by atoms with Crippen LogP contribution < -0.4 is 5.32 Å². The Balaban J connectivity index is 3.78. The summed E-state index contributed by atoms with van der Waals surface area (Å²) in [6.07, 6.45) is 3.45. The van der Waals surface area contributed by atoms with Gasteiger partial charge in [-0.2, -0.15) is 0 Å². The first-order valence-electron chi connectivity index (χ1n) is 2.48. The summed E-state index contributed by atoms with van der Waals surface area (Å²) in [5, 5.41) is 4.67. The maximum atomic E-state index is 10.9. The molecular weight excluding hydrogens is 122 g/mol. The van der Waals surface area contributed by atoms with Gasteiger partial charge < -0.3 is 5.32 Å². The Morgan fingerprint density at radius 2 is 2.12 bits per heavy atom. The van der Waals surface area contributed by atoms with E-state index >= 15 is 0 Å². The molecular formula is C5H13NOS. The van der Waals surface area contributed by atoms with E-state index in [0.29, 0.717) is 0 Å². The van der Waals surface area contributed by atoms with E-state index in [1.54, 1.807) is 17.9 Å². The van der Waals surface area contributed by atoms with Crippen molar-refractivity contribution in [1.82, 2.24) is 5.32 Å². The van der Waals surface area contributed by atoms with Crippen molar-refractivity contribution < 1.29 is 4.21 Å². The zero-order valence-corrected chi connectivity index (χ0v) is 6.42. The first-order chi connectivity index (χ1) is 3.56. The fourth-order valence-electron chi connectivity index (χ4n) is 0.284. The van der Waals surface area contributed by atoms with Gasteiger partial charge in [0, 0.05) is 19.1 Å². The van der Waals surface area contributed by atoms with Crippen molar-refractivity contribution in [2.45, 2.75) is 0 Å². The van der Waals surface area contributed by atoms with Crippen LogP contribution in [0.2, 0.25) is 0 Å². The minimum atomic E-state index is -1.62. The van der Waals surface area contributed by atoms with E-state index in [2.05, 4.69) is 5.32 Å². The standard InChI is InChI=1S/C5H13NOS/c1-6-4-5-8(2,3)7/h5-6H,4H2,1-3H3. The van der Waals surface area contributed by atoms with Gasteiger partial charge in [0.15, 0.2) is 0 Å². The molecule has 0 aromatic rings. The Hall–Kier alpha value is -0.0200. The molecule has 0 saturated heterocycles. The van der Waals surface area contributed by atoms with Crippen molar-refractivity contribution >= 4 is 14.9 Å². The van der Waals surface area contributed by atoms with Gasteiger partial charge in [0.05, 0.1) is 0 Å². The highest BCUT2D eigenvalue weighted by atomic mass is 32.2. The van der Waals surface area contributed by atoms with Gasteiger partial charge >= 0.3 is 0 Å². The molecule has 1 N–H and O–H groups in total. The molecule has 0 rings (SSSR count). The van der Waals surface area contributed by atoms with E-state index in [-0.39, 0.29) is 0 Å². The molecule has 0 saturated carbocycles. The topological polar surface area (TPSA) is 29.1 Å². The summed E-state index contributed by atoms with van der Waals surface area (Å²) in [7, 11) is 0.211. The SMILES string of the molecule is CNCC=S(C)(C)=O. The summed E-state index contributed by atoms with van der Waals surface area (Å²) in [5.74, 6) is 0. The first-order valence-corrected chi connectivity index (χ1v) is 4.92. The van der Waals surface area contributed by atoms with Gasteiger partial charge in [-0.15, -0.1) is 0 Å². The highest BCUT2D eigenvalue weighted by Crippen LogP contribution is 1.70. The van der Waals surface area contributed by atoms with Crippen LogP contribution in [0.15, 0.2) is 0 Å². The van der Waals surface area contributed by atoms with E-state index < -0.39 is 9.52 Å². The number of hydrogen-bond acceptors (Lipinski definition) is 2. The molecule has 0 aliphatic rings. The molecule has 0 radical (unpaired) electrons. The minimum Gasteiger partial charge on any atom is -0.316 e. The van der Waals surface area contributed by atoms with Crippen molar-refractivity contribution in [1.29, 1.82) is 0 Å². The Morgan fingerprint density at radius 1 is 1.62 bits per heavy atom. The van der Waals surface area contributed by atoms with Crippen LogP contribution in [0.25, 0.3) is 0 Å². The summed E-state index contributed by atoms with van der Waals surface area (Å²) in [6.45, 7) is 0.728. The monoisotopic (exact) mass is 135 g/mol. The lowest BCUT2D eigenvalue weighted by atomic mass is 10.8. The second kappa shape index (κ2) is 3.10. The van der Waals surface area contributed by atoms with Crippen LogP contribution in [0, 0.1) is 0 Å². The third kappa shape index (κ3) is 5.98. The number of rotatable bonds is 2. The molecule has 0 atom stereocenters. The van der Waals surface area contributed by atoms with Gasteiger partial charge in [-0.05, 0) is 21.9 Å². The van der Waals surface area contributed by atoms with E-state index in [0.717, 1.165) is 6.54 Å². The van der Waals surface area contributed by atoms with Crippen LogP contribution in [0.3, 0.4) is 0 Å². The molecule has 0 amide bonds. The molecule has 0 aromatic carbocycles. The largest absolute Gasteiger partial charge is 0.316 e. The molecule has 0 aliphatic heterocycles. The molecule has 50 valence electrons. The van der Waals surface area contributed by atoms with Crippen molar-refractivity contribution in [3.63, 3.8) is 0 Å². The van der Waals surface area contributed by atoms with Crippen LogP contribution >= 0.6 is 0 Å². The third-order valence-electron chi connectivity index (χ3n) is 0.689. The normalized spacial score (nSPS) is 11.4. The van der Waals surface area contributed by atoms with Crippen molar-refractivity contribution in [2.75, 3.05) is 26.1 Å². The molecule has 0 bridgehead atoms. The Morgan fingerprint density at radius 3 is 2.25 bits per heavy atom. The maximum Gasteiger partial charge on any atom is 0.0209 e. The number of hydrogen-bond donors (Lipinski definition) is 1. The highest BCUT2D eigenvalue weighted by molar-refractivity contribution is 8.00. The molecule has 0 fully saturated rings. The van der Waals surface area contributed by atoms with Gasteiger partial charge in [0.25, 0.3) is 0 Å². The molecule has 2 nitrogen and oxygen atoms in total. The smallest absolute Gasteiger partial charge is 0.0209 e. The molecule has 0 heterocycles. The van der Waals surface area contributed by atoms with Crippen molar-refractivity contribution in [2.24, 2.45) is 0 Å². The first kappa shape index (κ1) is 7.98. The summed E-state index contributed by atoms with van der Waals surface area (Å²) >= 11 is 0. The Labute approximate surface area is 51.3 Å². The van der Waals surface area contributed by atoms with Gasteiger partial charge in [0.1, 0.15) is 0 Å². The van der Waals surface area contributed by atoms with Crippen molar-refractivity contribution in [3.05, 3.63) is 0 Å². The molecule has 0 spiro atoms. The van der Waals surface area contributed by atoms with E-state index in [1.807, 2.05) is 7.05 Å². The quantitative estimate of drug-likeness (QED) is 0.520.